The van der Waals surface area contributed by atoms with Crippen LogP contribution in [0.25, 0.3) is 17.1 Å². The van der Waals surface area contributed by atoms with E-state index in [4.69, 9.17) is 19.2 Å². The van der Waals surface area contributed by atoms with Gasteiger partial charge >= 0.3 is 0 Å². The van der Waals surface area contributed by atoms with Gasteiger partial charge in [-0.05, 0) is 73.2 Å². The van der Waals surface area contributed by atoms with Gasteiger partial charge in [0.1, 0.15) is 18.2 Å². The molecule has 0 saturated carbocycles. The topological polar surface area (TPSA) is 45.5 Å². The van der Waals surface area contributed by atoms with Crippen LogP contribution >= 0.6 is 0 Å². The highest BCUT2D eigenvalue weighted by Crippen LogP contribution is 2.30. The van der Waals surface area contributed by atoms with Crippen LogP contribution in [0.5, 0.6) is 17.2 Å². The Morgan fingerprint density at radius 1 is 0.972 bits per heavy atom. The molecule has 0 spiro atoms. The lowest BCUT2D eigenvalue weighted by Crippen LogP contribution is -2.10. The van der Waals surface area contributed by atoms with Crippen molar-refractivity contribution in [3.8, 4) is 17.2 Å². The summed E-state index contributed by atoms with van der Waals surface area (Å²) in [6.45, 7) is 8.24. The molecule has 0 aliphatic heterocycles. The van der Waals surface area contributed by atoms with Crippen molar-refractivity contribution < 1.29 is 14.2 Å². The van der Waals surface area contributed by atoms with Crippen molar-refractivity contribution in [1.29, 1.82) is 0 Å². The van der Waals surface area contributed by atoms with Gasteiger partial charge < -0.3 is 18.8 Å². The Balaban J connectivity index is 1.42. The molecule has 1 aromatic heterocycles. The van der Waals surface area contributed by atoms with E-state index in [9.17, 15) is 0 Å². The molecule has 36 heavy (non-hydrogen) atoms. The van der Waals surface area contributed by atoms with Crippen LogP contribution in [0.3, 0.4) is 0 Å². The summed E-state index contributed by atoms with van der Waals surface area (Å²) in [6.07, 6.45) is 6.04. The second kappa shape index (κ2) is 12.3. The number of ether oxygens (including phenoxy) is 3. The van der Waals surface area contributed by atoms with Crippen molar-refractivity contribution in [2.75, 3.05) is 13.7 Å². The van der Waals surface area contributed by atoms with Gasteiger partial charge in [0.2, 0.25) is 0 Å². The zero-order chi connectivity index (χ0) is 25.3. The average molecular weight is 485 g/mol. The van der Waals surface area contributed by atoms with E-state index in [2.05, 4.69) is 48.7 Å². The number of fused-ring (bicyclic) bond motifs is 1. The van der Waals surface area contributed by atoms with Crippen LogP contribution in [0.15, 0.2) is 72.8 Å². The molecule has 3 aromatic carbocycles. The van der Waals surface area contributed by atoms with Crippen LogP contribution < -0.4 is 14.2 Å². The number of imidazole rings is 1. The fourth-order valence-electron chi connectivity index (χ4n) is 4.27. The van der Waals surface area contributed by atoms with Gasteiger partial charge in [-0.1, -0.05) is 56.3 Å². The van der Waals surface area contributed by atoms with Crippen LogP contribution in [-0.4, -0.2) is 23.3 Å². The molecule has 0 aliphatic rings. The number of para-hydroxylation sites is 2. The van der Waals surface area contributed by atoms with Crippen molar-refractivity contribution >= 4 is 17.1 Å². The van der Waals surface area contributed by atoms with Gasteiger partial charge in [-0.3, -0.25) is 0 Å². The number of allylic oxidation sites excluding steroid dienone is 1. The van der Waals surface area contributed by atoms with Gasteiger partial charge in [-0.15, -0.1) is 0 Å². The third kappa shape index (κ3) is 6.09. The predicted octanol–water partition coefficient (Wildman–Crippen LogP) is 7.64. The molecule has 0 fully saturated rings. The molecule has 4 rings (SSSR count). The molecule has 4 aromatic rings. The third-order valence-electron chi connectivity index (χ3n) is 6.49. The number of methoxy groups -OCH3 is 1. The summed E-state index contributed by atoms with van der Waals surface area (Å²) in [5, 5.41) is 0. The summed E-state index contributed by atoms with van der Waals surface area (Å²) in [5.74, 6) is 3.78. The van der Waals surface area contributed by atoms with Gasteiger partial charge in [-0.2, -0.15) is 0 Å². The maximum absolute atomic E-state index is 6.17. The Morgan fingerprint density at radius 2 is 1.78 bits per heavy atom. The van der Waals surface area contributed by atoms with Crippen LogP contribution in [0.4, 0.5) is 0 Å². The van der Waals surface area contributed by atoms with Crippen molar-refractivity contribution in [3.05, 3.63) is 89.8 Å². The van der Waals surface area contributed by atoms with E-state index < -0.39 is 0 Å². The fraction of sp³-hybridized carbons (Fsp3) is 0.323. The minimum absolute atomic E-state index is 0.353. The molecule has 0 aliphatic carbocycles. The summed E-state index contributed by atoms with van der Waals surface area (Å²) in [7, 11) is 1.66. The largest absolute Gasteiger partial charge is 0.494 e. The van der Waals surface area contributed by atoms with E-state index in [1.54, 1.807) is 7.11 Å². The minimum Gasteiger partial charge on any atom is -0.494 e. The number of nitrogens with zero attached hydrogens (tertiary/aromatic N) is 2. The first-order valence-electron chi connectivity index (χ1n) is 12.7. The van der Waals surface area contributed by atoms with Crippen LogP contribution in [0.1, 0.15) is 56.5 Å². The highest BCUT2D eigenvalue weighted by molar-refractivity contribution is 5.75. The average Bonchev–Trinajstić information content (AvgIpc) is 3.27. The summed E-state index contributed by atoms with van der Waals surface area (Å²) < 4.78 is 20.0. The zero-order valence-corrected chi connectivity index (χ0v) is 21.7. The fourth-order valence-corrected chi connectivity index (χ4v) is 4.27. The normalized spacial score (nSPS) is 12.2. The lowest BCUT2D eigenvalue weighted by Gasteiger charge is -2.14. The number of rotatable bonds is 12. The van der Waals surface area contributed by atoms with Crippen LogP contribution in [0, 0.1) is 0 Å². The quantitative estimate of drug-likeness (QED) is 0.194. The smallest absolute Gasteiger partial charge is 0.161 e. The van der Waals surface area contributed by atoms with Gasteiger partial charge in [0, 0.05) is 6.54 Å². The van der Waals surface area contributed by atoms with Crippen molar-refractivity contribution in [3.63, 3.8) is 0 Å². The molecule has 0 amide bonds. The van der Waals surface area contributed by atoms with Gasteiger partial charge in [0.05, 0.1) is 24.8 Å². The first-order chi connectivity index (χ1) is 17.6. The molecular weight excluding hydrogens is 448 g/mol. The van der Waals surface area contributed by atoms with E-state index in [0.717, 1.165) is 47.6 Å². The third-order valence-corrected chi connectivity index (χ3v) is 6.49. The van der Waals surface area contributed by atoms with Crippen LogP contribution in [-0.2, 0) is 13.2 Å². The van der Waals surface area contributed by atoms with E-state index in [1.807, 2.05) is 55.5 Å². The summed E-state index contributed by atoms with van der Waals surface area (Å²) in [4.78, 5) is 4.85. The van der Waals surface area contributed by atoms with Crippen molar-refractivity contribution in [1.82, 2.24) is 9.55 Å². The first-order valence-corrected chi connectivity index (χ1v) is 12.7. The molecule has 1 unspecified atom stereocenters. The van der Waals surface area contributed by atoms with Gasteiger partial charge in [0.15, 0.2) is 11.5 Å². The minimum atomic E-state index is 0.353. The van der Waals surface area contributed by atoms with E-state index >= 15 is 0 Å². The number of benzene rings is 3. The van der Waals surface area contributed by atoms with Gasteiger partial charge in [0.25, 0.3) is 0 Å². The molecule has 0 radical (unpaired) electrons. The Kier molecular flexibility index (Phi) is 8.66. The summed E-state index contributed by atoms with van der Waals surface area (Å²) in [5.41, 5.74) is 4.49. The Morgan fingerprint density at radius 3 is 2.53 bits per heavy atom. The van der Waals surface area contributed by atoms with Crippen LogP contribution in [0.2, 0.25) is 0 Å². The molecular formula is C31H36N2O3. The standard InChI is InChI=1S/C31H36N2O3/c1-5-10-24-13-18-29(30(21-24)34-4)36-22-31-32-27-11-7-8-12-28(27)33(31)19-9-20-35-26-16-14-25(15-17-26)23(3)6-2/h5,7-8,10-18,21,23H,6,9,19-20,22H2,1-4H3/b10-5-. The maximum Gasteiger partial charge on any atom is 0.161 e. The number of hydrogen-bond donors (Lipinski definition) is 0. The number of aromatic nitrogens is 2. The lowest BCUT2D eigenvalue weighted by atomic mass is 9.99. The predicted molar refractivity (Wildman–Crippen MR) is 147 cm³/mol. The van der Waals surface area contributed by atoms with E-state index in [-0.39, 0.29) is 0 Å². The number of aryl methyl sites for hydroxylation is 1. The molecule has 0 N–H and O–H groups in total. The Labute approximate surface area is 214 Å². The van der Waals surface area contributed by atoms with Crippen molar-refractivity contribution in [2.45, 2.75) is 52.7 Å². The summed E-state index contributed by atoms with van der Waals surface area (Å²) >= 11 is 0. The zero-order valence-electron chi connectivity index (χ0n) is 21.7. The molecule has 1 atom stereocenters. The maximum atomic E-state index is 6.17. The first kappa shape index (κ1) is 25.4. The summed E-state index contributed by atoms with van der Waals surface area (Å²) in [6, 6.07) is 22.6. The second-order valence-corrected chi connectivity index (χ2v) is 8.95. The number of hydrogen-bond acceptors (Lipinski definition) is 4. The lowest BCUT2D eigenvalue weighted by molar-refractivity contribution is 0.267. The monoisotopic (exact) mass is 484 g/mol. The molecule has 5 nitrogen and oxygen atoms in total. The molecule has 1 heterocycles. The molecule has 5 heteroatoms. The SMILES string of the molecule is C/C=C\c1ccc(OCc2nc3ccccc3n2CCCOc2ccc(C(C)CC)cc2)c(OC)c1. The highest BCUT2D eigenvalue weighted by atomic mass is 16.5. The van der Waals surface area contributed by atoms with Crippen molar-refractivity contribution in [2.24, 2.45) is 0 Å². The second-order valence-electron chi connectivity index (χ2n) is 8.95. The Bertz CT molecular complexity index is 1290. The van der Waals surface area contributed by atoms with Gasteiger partial charge in [-0.25, -0.2) is 4.98 Å². The molecule has 0 saturated heterocycles. The van der Waals surface area contributed by atoms with E-state index in [0.29, 0.717) is 30.6 Å². The van der Waals surface area contributed by atoms with E-state index in [1.165, 1.54) is 5.56 Å². The molecule has 188 valence electrons. The Hall–Kier alpha value is -3.73. The molecule has 0 bridgehead atoms. The highest BCUT2D eigenvalue weighted by Gasteiger charge is 2.13.